The van der Waals surface area contributed by atoms with Gasteiger partial charge in [-0.05, 0) is 6.42 Å². The van der Waals surface area contributed by atoms with E-state index in [1.165, 1.54) is 6.26 Å². The Kier molecular flexibility index (Phi) is 3.81. The maximum Gasteiger partial charge on any atom is 0.208 e. The van der Waals surface area contributed by atoms with E-state index in [9.17, 15) is 8.42 Å². The Morgan fingerprint density at radius 2 is 2.00 bits per heavy atom. The largest absolute Gasteiger partial charge is 0.215 e. The predicted molar refractivity (Wildman–Crippen MR) is 37.8 cm³/mol. The molecule has 0 aromatic carbocycles. The molecule has 0 aliphatic heterocycles. The van der Waals surface area contributed by atoms with E-state index in [1.54, 1.807) is 0 Å². The molecule has 3 nitrogen and oxygen atoms in total. The number of nitrogens with one attached hydrogen (secondary N) is 1. The van der Waals surface area contributed by atoms with Crippen LogP contribution in [-0.2, 0) is 10.0 Å². The van der Waals surface area contributed by atoms with Crippen molar-refractivity contribution in [3.63, 3.8) is 0 Å². The molecular weight excluding hydrogens is 138 g/mol. The fourth-order valence-electron chi connectivity index (χ4n) is 0.434. The van der Waals surface area contributed by atoms with Crippen LogP contribution in [0, 0.1) is 0 Å². The van der Waals surface area contributed by atoms with Crippen LogP contribution < -0.4 is 4.72 Å². The lowest BCUT2D eigenvalue weighted by molar-refractivity contribution is 0.584. The van der Waals surface area contributed by atoms with Gasteiger partial charge in [0.05, 0.1) is 6.26 Å². The van der Waals surface area contributed by atoms with Gasteiger partial charge in [-0.3, -0.25) is 0 Å². The molecule has 0 bridgehead atoms. The predicted octanol–water partition coefficient (Wildman–Crippen LogP) is 0.336. The minimum atomic E-state index is -2.95. The molecule has 1 N–H and O–H groups in total. The second-order valence-corrected chi connectivity index (χ2v) is 3.85. The van der Waals surface area contributed by atoms with Crippen LogP contribution in [0.25, 0.3) is 0 Å². The molecule has 0 atom stereocenters. The number of rotatable bonds is 4. The summed E-state index contributed by atoms with van der Waals surface area (Å²) in [4.78, 5) is 0. The molecule has 0 amide bonds. The summed E-state index contributed by atoms with van der Waals surface area (Å²) in [6.45, 7) is 2.58. The van der Waals surface area contributed by atoms with Gasteiger partial charge in [-0.25, -0.2) is 13.1 Å². The van der Waals surface area contributed by atoms with Crippen molar-refractivity contribution in [3.05, 3.63) is 0 Å². The summed E-state index contributed by atoms with van der Waals surface area (Å²) >= 11 is 0. The fraction of sp³-hybridized carbons (Fsp3) is 1.00. The molecule has 0 rings (SSSR count). The highest BCUT2D eigenvalue weighted by atomic mass is 32.2. The molecule has 0 fully saturated rings. The maximum atomic E-state index is 10.4. The van der Waals surface area contributed by atoms with Gasteiger partial charge in [-0.15, -0.1) is 0 Å². The first-order valence-corrected chi connectivity index (χ1v) is 4.90. The maximum absolute atomic E-state index is 10.4. The SMILES string of the molecule is CCCCNS(C)(=O)=O. The Hall–Kier alpha value is -0.0900. The third-order valence-electron chi connectivity index (χ3n) is 0.895. The zero-order valence-corrected chi connectivity index (χ0v) is 6.66. The normalized spacial score (nSPS) is 11.8. The Balaban J connectivity index is 3.30. The summed E-state index contributed by atoms with van der Waals surface area (Å²) in [6.07, 6.45) is 3.10. The third kappa shape index (κ3) is 7.91. The molecule has 0 aliphatic carbocycles. The monoisotopic (exact) mass is 151 g/mol. The molecule has 0 aromatic rings. The Labute approximate surface area is 56.5 Å². The van der Waals surface area contributed by atoms with E-state index < -0.39 is 10.0 Å². The Morgan fingerprint density at radius 1 is 1.44 bits per heavy atom. The zero-order valence-electron chi connectivity index (χ0n) is 5.85. The number of hydrogen-bond donors (Lipinski definition) is 1. The highest BCUT2D eigenvalue weighted by Gasteiger charge is 1.96. The van der Waals surface area contributed by atoms with Crippen molar-refractivity contribution in [1.82, 2.24) is 4.72 Å². The third-order valence-corrected chi connectivity index (χ3v) is 1.62. The van der Waals surface area contributed by atoms with Crippen LogP contribution in [-0.4, -0.2) is 21.2 Å². The van der Waals surface area contributed by atoms with Gasteiger partial charge in [0.15, 0.2) is 0 Å². The lowest BCUT2D eigenvalue weighted by Crippen LogP contribution is -2.22. The van der Waals surface area contributed by atoms with E-state index in [4.69, 9.17) is 0 Å². The summed E-state index contributed by atoms with van der Waals surface area (Å²) < 4.78 is 23.2. The minimum Gasteiger partial charge on any atom is -0.215 e. The highest BCUT2D eigenvalue weighted by molar-refractivity contribution is 7.88. The lowest BCUT2D eigenvalue weighted by atomic mass is 10.3. The van der Waals surface area contributed by atoms with Gasteiger partial charge >= 0.3 is 0 Å². The number of unbranched alkanes of at least 4 members (excludes halogenated alkanes) is 1. The van der Waals surface area contributed by atoms with E-state index in [0.717, 1.165) is 12.8 Å². The van der Waals surface area contributed by atoms with Gasteiger partial charge in [0.25, 0.3) is 0 Å². The molecule has 0 aromatic heterocycles. The van der Waals surface area contributed by atoms with Crippen LogP contribution in [0.4, 0.5) is 0 Å². The first-order chi connectivity index (χ1) is 4.06. The van der Waals surface area contributed by atoms with Gasteiger partial charge < -0.3 is 0 Å². The van der Waals surface area contributed by atoms with Crippen molar-refractivity contribution >= 4 is 10.0 Å². The second-order valence-electron chi connectivity index (χ2n) is 2.02. The quantitative estimate of drug-likeness (QED) is 0.589. The molecule has 0 heterocycles. The molecule has 0 spiro atoms. The fourth-order valence-corrected chi connectivity index (χ4v) is 0.949. The van der Waals surface area contributed by atoms with Crippen LogP contribution in [0.15, 0.2) is 0 Å². The molecule has 0 aliphatic rings. The average Bonchev–Trinajstić information content (AvgIpc) is 1.63. The van der Waals surface area contributed by atoms with Gasteiger partial charge in [0.2, 0.25) is 10.0 Å². The summed E-state index contributed by atoms with van der Waals surface area (Å²) in [5.74, 6) is 0. The first-order valence-electron chi connectivity index (χ1n) is 3.01. The van der Waals surface area contributed by atoms with E-state index >= 15 is 0 Å². The van der Waals surface area contributed by atoms with Crippen molar-refractivity contribution in [3.8, 4) is 0 Å². The lowest BCUT2D eigenvalue weighted by Gasteiger charge is -1.97. The van der Waals surface area contributed by atoms with Crippen molar-refractivity contribution in [2.75, 3.05) is 12.8 Å². The van der Waals surface area contributed by atoms with Crippen LogP contribution in [0.2, 0.25) is 0 Å². The molecule has 9 heavy (non-hydrogen) atoms. The van der Waals surface area contributed by atoms with Gasteiger partial charge in [-0.1, -0.05) is 13.3 Å². The van der Waals surface area contributed by atoms with Crippen molar-refractivity contribution in [2.24, 2.45) is 0 Å². The van der Waals surface area contributed by atoms with E-state index in [-0.39, 0.29) is 0 Å². The molecule has 4 heteroatoms. The Bertz CT molecular complexity index is 150. The molecule has 56 valence electrons. The van der Waals surface area contributed by atoms with Gasteiger partial charge in [0, 0.05) is 6.54 Å². The Morgan fingerprint density at radius 3 is 2.33 bits per heavy atom. The van der Waals surface area contributed by atoms with E-state index in [2.05, 4.69) is 4.72 Å². The van der Waals surface area contributed by atoms with Crippen LogP contribution >= 0.6 is 0 Å². The van der Waals surface area contributed by atoms with Gasteiger partial charge in [0.1, 0.15) is 0 Å². The van der Waals surface area contributed by atoms with Crippen molar-refractivity contribution in [2.45, 2.75) is 19.8 Å². The zero-order chi connectivity index (χ0) is 7.33. The van der Waals surface area contributed by atoms with E-state index in [0.29, 0.717) is 6.54 Å². The minimum absolute atomic E-state index is 0.565. The van der Waals surface area contributed by atoms with Crippen molar-refractivity contribution < 1.29 is 8.42 Å². The smallest absolute Gasteiger partial charge is 0.208 e. The second kappa shape index (κ2) is 3.85. The molecular formula is C5H13NO2S. The summed E-state index contributed by atoms with van der Waals surface area (Å²) in [6, 6.07) is 0. The number of hydrogen-bond acceptors (Lipinski definition) is 2. The standard InChI is InChI=1S/C5H13NO2S/c1-3-4-5-6-9(2,7)8/h6H,3-5H2,1-2H3. The number of sulfonamides is 1. The summed E-state index contributed by atoms with van der Waals surface area (Å²) in [5, 5.41) is 0. The summed E-state index contributed by atoms with van der Waals surface area (Å²) in [7, 11) is -2.95. The van der Waals surface area contributed by atoms with E-state index in [1.807, 2.05) is 6.92 Å². The summed E-state index contributed by atoms with van der Waals surface area (Å²) in [5.41, 5.74) is 0. The first kappa shape index (κ1) is 8.91. The topological polar surface area (TPSA) is 46.2 Å². The van der Waals surface area contributed by atoms with Gasteiger partial charge in [-0.2, -0.15) is 0 Å². The molecule has 0 saturated heterocycles. The van der Waals surface area contributed by atoms with Crippen LogP contribution in [0.1, 0.15) is 19.8 Å². The molecule has 0 radical (unpaired) electrons. The molecule has 0 saturated carbocycles. The van der Waals surface area contributed by atoms with Crippen LogP contribution in [0.3, 0.4) is 0 Å². The average molecular weight is 151 g/mol. The van der Waals surface area contributed by atoms with Crippen molar-refractivity contribution in [1.29, 1.82) is 0 Å². The molecule has 0 unspecified atom stereocenters. The highest BCUT2D eigenvalue weighted by Crippen LogP contribution is 1.83. The van der Waals surface area contributed by atoms with Crippen LogP contribution in [0.5, 0.6) is 0 Å².